The summed E-state index contributed by atoms with van der Waals surface area (Å²) in [5, 5.41) is 23.9. The maximum absolute atomic E-state index is 11.4. The van der Waals surface area contributed by atoms with Crippen LogP contribution in [-0.4, -0.2) is 57.1 Å². The van der Waals surface area contributed by atoms with Crippen LogP contribution in [0.15, 0.2) is 0 Å². The van der Waals surface area contributed by atoms with Crippen molar-refractivity contribution in [3.63, 3.8) is 0 Å². The molecule has 0 aliphatic carbocycles. The van der Waals surface area contributed by atoms with Crippen LogP contribution in [-0.2, 0) is 16.6 Å². The number of rotatable bonds is 5. The van der Waals surface area contributed by atoms with Crippen molar-refractivity contribution in [1.82, 2.24) is 25.5 Å². The highest BCUT2D eigenvalue weighted by Crippen LogP contribution is 1.93. The van der Waals surface area contributed by atoms with Crippen LogP contribution in [0.2, 0.25) is 0 Å². The van der Waals surface area contributed by atoms with Gasteiger partial charge in [0.2, 0.25) is 0 Å². The molecule has 0 radical (unpaired) electrons. The number of aliphatic carboxylic acids is 1. The molecule has 2 amide bonds. The minimum absolute atomic E-state index is 0.0217. The fourth-order valence-electron chi connectivity index (χ4n) is 0.971. The van der Waals surface area contributed by atoms with Crippen LogP contribution >= 0.6 is 0 Å². The van der Waals surface area contributed by atoms with Gasteiger partial charge >= 0.3 is 12.0 Å². The van der Waals surface area contributed by atoms with E-state index in [1.807, 2.05) is 0 Å². The number of ether oxygens (including phenoxy) is 1. The lowest BCUT2D eigenvalue weighted by Crippen LogP contribution is -2.45. The molecule has 0 aromatic carbocycles. The summed E-state index contributed by atoms with van der Waals surface area (Å²) in [6, 6.07) is -1.89. The van der Waals surface area contributed by atoms with Crippen molar-refractivity contribution >= 4 is 17.9 Å². The zero-order valence-corrected chi connectivity index (χ0v) is 9.25. The Balaban J connectivity index is 2.50. The fourth-order valence-corrected chi connectivity index (χ4v) is 0.971. The largest absolute Gasteiger partial charge is 0.480 e. The number of hydrogen-bond acceptors (Lipinski definition) is 6. The highest BCUT2D eigenvalue weighted by molar-refractivity contribution is 5.90. The number of carboxylic acids is 1. The molecule has 0 aliphatic rings. The summed E-state index contributed by atoms with van der Waals surface area (Å²) in [6.07, 6.45) is 0. The zero-order chi connectivity index (χ0) is 12.8. The van der Waals surface area contributed by atoms with Crippen LogP contribution in [0.25, 0.3) is 0 Å². The van der Waals surface area contributed by atoms with Gasteiger partial charge in [0.25, 0.3) is 5.95 Å². The summed E-state index contributed by atoms with van der Waals surface area (Å²) in [5.74, 6) is -1.22. The first-order valence-corrected chi connectivity index (χ1v) is 4.56. The van der Waals surface area contributed by atoms with Crippen molar-refractivity contribution in [2.24, 2.45) is 7.05 Å². The summed E-state index contributed by atoms with van der Waals surface area (Å²) in [5.41, 5.74) is 0. The molecule has 0 bridgehead atoms. The van der Waals surface area contributed by atoms with Gasteiger partial charge in [-0.15, -0.1) is 5.10 Å². The molecule has 1 unspecified atom stereocenters. The number of anilines is 1. The number of methoxy groups -OCH3 is 1. The number of hydrogen-bond donors (Lipinski definition) is 3. The topological polar surface area (TPSA) is 131 Å². The van der Waals surface area contributed by atoms with Gasteiger partial charge in [-0.25, -0.2) is 9.59 Å². The Morgan fingerprint density at radius 1 is 1.59 bits per heavy atom. The highest BCUT2D eigenvalue weighted by atomic mass is 16.5. The molecule has 10 nitrogen and oxygen atoms in total. The quantitative estimate of drug-likeness (QED) is 0.570. The molecule has 0 fully saturated rings. The standard InChI is InChI=1S/C7H12N6O4/c1-13-11-6(10-12-13)9-7(16)8-4(3-17-2)5(14)15/h4H,3H2,1-2H3,(H,14,15)(H2,8,9,11,16). The average Bonchev–Trinajstić information content (AvgIpc) is 2.63. The average molecular weight is 244 g/mol. The lowest BCUT2D eigenvalue weighted by Gasteiger charge is -2.12. The zero-order valence-electron chi connectivity index (χ0n) is 9.25. The summed E-state index contributed by atoms with van der Waals surface area (Å²) in [4.78, 5) is 23.2. The van der Waals surface area contributed by atoms with Crippen LogP contribution in [0, 0.1) is 0 Å². The summed E-state index contributed by atoms with van der Waals surface area (Å²) in [7, 11) is 2.86. The van der Waals surface area contributed by atoms with Gasteiger partial charge in [0, 0.05) is 7.11 Å². The molecule has 1 rings (SSSR count). The van der Waals surface area contributed by atoms with Crippen molar-refractivity contribution in [2.45, 2.75) is 6.04 Å². The molecule has 0 spiro atoms. The van der Waals surface area contributed by atoms with Crippen molar-refractivity contribution in [1.29, 1.82) is 0 Å². The summed E-state index contributed by atoms with van der Waals surface area (Å²) >= 11 is 0. The molecule has 0 saturated carbocycles. The molecule has 0 saturated heterocycles. The second kappa shape index (κ2) is 5.75. The first-order chi connectivity index (χ1) is 8.02. The number of nitrogens with one attached hydrogen (secondary N) is 2. The number of carbonyl (C=O) groups is 2. The molecular weight excluding hydrogens is 232 g/mol. The number of tetrazole rings is 1. The lowest BCUT2D eigenvalue weighted by molar-refractivity contribution is -0.140. The Labute approximate surface area is 95.9 Å². The van der Waals surface area contributed by atoms with E-state index in [-0.39, 0.29) is 12.6 Å². The SMILES string of the molecule is COCC(NC(=O)Nc1nnn(C)n1)C(=O)O. The van der Waals surface area contributed by atoms with Gasteiger partial charge in [0.15, 0.2) is 6.04 Å². The van der Waals surface area contributed by atoms with Crippen LogP contribution in [0.3, 0.4) is 0 Å². The molecule has 0 aliphatic heterocycles. The number of carbonyl (C=O) groups excluding carboxylic acids is 1. The molecule has 10 heteroatoms. The first-order valence-electron chi connectivity index (χ1n) is 4.56. The van der Waals surface area contributed by atoms with E-state index in [9.17, 15) is 9.59 Å². The third-order valence-corrected chi connectivity index (χ3v) is 1.67. The van der Waals surface area contributed by atoms with E-state index in [0.29, 0.717) is 0 Å². The van der Waals surface area contributed by atoms with Gasteiger partial charge in [-0.05, 0) is 5.21 Å². The van der Waals surface area contributed by atoms with E-state index in [0.717, 1.165) is 4.80 Å². The molecule has 17 heavy (non-hydrogen) atoms. The minimum Gasteiger partial charge on any atom is -0.480 e. The maximum atomic E-state index is 11.4. The van der Waals surface area contributed by atoms with Crippen LogP contribution in [0.4, 0.5) is 10.7 Å². The minimum atomic E-state index is -1.20. The van der Waals surface area contributed by atoms with E-state index >= 15 is 0 Å². The molecule has 1 atom stereocenters. The van der Waals surface area contributed by atoms with E-state index in [4.69, 9.17) is 5.11 Å². The molecule has 94 valence electrons. The highest BCUT2D eigenvalue weighted by Gasteiger charge is 2.20. The number of urea groups is 1. The van der Waals surface area contributed by atoms with E-state index in [2.05, 4.69) is 30.8 Å². The van der Waals surface area contributed by atoms with Crippen molar-refractivity contribution in [2.75, 3.05) is 19.0 Å². The van der Waals surface area contributed by atoms with Crippen molar-refractivity contribution < 1.29 is 19.4 Å². The van der Waals surface area contributed by atoms with Gasteiger partial charge in [0.05, 0.1) is 13.7 Å². The third-order valence-electron chi connectivity index (χ3n) is 1.67. The van der Waals surface area contributed by atoms with Crippen molar-refractivity contribution in [3.05, 3.63) is 0 Å². The van der Waals surface area contributed by atoms with Gasteiger partial charge in [-0.1, -0.05) is 5.10 Å². The maximum Gasteiger partial charge on any atom is 0.328 e. The smallest absolute Gasteiger partial charge is 0.328 e. The van der Waals surface area contributed by atoms with E-state index in [1.165, 1.54) is 14.2 Å². The Hall–Kier alpha value is -2.23. The van der Waals surface area contributed by atoms with Gasteiger partial charge < -0.3 is 15.2 Å². The van der Waals surface area contributed by atoms with Gasteiger partial charge in [0.1, 0.15) is 0 Å². The molecule has 1 aromatic rings. The Morgan fingerprint density at radius 3 is 2.76 bits per heavy atom. The number of carboxylic acid groups (broad SMARTS) is 1. The van der Waals surface area contributed by atoms with Crippen LogP contribution in [0.1, 0.15) is 0 Å². The monoisotopic (exact) mass is 244 g/mol. The molecule has 1 heterocycles. The van der Waals surface area contributed by atoms with Crippen molar-refractivity contribution in [3.8, 4) is 0 Å². The van der Waals surface area contributed by atoms with E-state index < -0.39 is 18.0 Å². The number of amides is 2. The summed E-state index contributed by atoms with van der Waals surface area (Å²) in [6.45, 7) is -0.142. The number of aryl methyl sites for hydroxylation is 1. The summed E-state index contributed by atoms with van der Waals surface area (Å²) < 4.78 is 4.65. The second-order valence-electron chi connectivity index (χ2n) is 3.05. The Kier molecular flexibility index (Phi) is 4.34. The van der Waals surface area contributed by atoms with Gasteiger partial charge in [-0.3, -0.25) is 5.32 Å². The number of aromatic nitrogens is 4. The fraction of sp³-hybridized carbons (Fsp3) is 0.571. The van der Waals surface area contributed by atoms with Gasteiger partial charge in [-0.2, -0.15) is 4.80 Å². The Morgan fingerprint density at radius 2 is 2.29 bits per heavy atom. The van der Waals surface area contributed by atoms with Crippen LogP contribution in [0.5, 0.6) is 0 Å². The molecule has 3 N–H and O–H groups in total. The predicted molar refractivity (Wildman–Crippen MR) is 54.3 cm³/mol. The second-order valence-corrected chi connectivity index (χ2v) is 3.05. The van der Waals surface area contributed by atoms with E-state index in [1.54, 1.807) is 0 Å². The molecule has 1 aromatic heterocycles. The predicted octanol–water partition coefficient (Wildman–Crippen LogP) is -1.57. The lowest BCUT2D eigenvalue weighted by atomic mass is 10.3. The van der Waals surface area contributed by atoms with Crippen LogP contribution < -0.4 is 10.6 Å². The first kappa shape index (κ1) is 12.8. The normalized spacial score (nSPS) is 11.9. The Bertz CT molecular complexity index is 405. The third kappa shape index (κ3) is 4.03. The molecular formula is C7H12N6O4. The number of nitrogens with zero attached hydrogens (tertiary/aromatic N) is 4.